The van der Waals surface area contributed by atoms with Gasteiger partial charge in [-0.2, -0.15) is 0 Å². The number of hydrogen-bond donors (Lipinski definition) is 4. The first-order chi connectivity index (χ1) is 25.3. The molecule has 0 aromatic heterocycles. The first-order valence-electron chi connectivity index (χ1n) is 20.6. The van der Waals surface area contributed by atoms with Gasteiger partial charge in [-0.25, -0.2) is 0 Å². The van der Waals surface area contributed by atoms with Crippen molar-refractivity contribution in [1.29, 1.82) is 0 Å². The molecule has 310 valence electrons. The lowest BCUT2D eigenvalue weighted by Gasteiger charge is -2.25. The minimum Gasteiger partial charge on any atom is -0.330 e. The van der Waals surface area contributed by atoms with Gasteiger partial charge in [0.25, 0.3) is 0 Å². The Morgan fingerprint density at radius 3 is 1.06 bits per heavy atom. The van der Waals surface area contributed by atoms with E-state index >= 15 is 0 Å². The fraction of sp³-hybridized carbons (Fsp3) is 0.895. The molecular weight excluding hydrogens is 698 g/mol. The second kappa shape index (κ2) is 37.5. The third-order valence-corrected chi connectivity index (χ3v) is 12.4. The van der Waals surface area contributed by atoms with Crippen LogP contribution in [0.1, 0.15) is 117 Å². The van der Waals surface area contributed by atoms with Crippen molar-refractivity contribution >= 4 is 15.2 Å². The van der Waals surface area contributed by atoms with Gasteiger partial charge in [-0.15, -0.1) is 0 Å². The van der Waals surface area contributed by atoms with Crippen LogP contribution >= 0.6 is 15.2 Å². The van der Waals surface area contributed by atoms with E-state index in [-0.39, 0.29) is 0 Å². The van der Waals surface area contributed by atoms with Crippen LogP contribution in [0.3, 0.4) is 0 Å². The Labute approximate surface area is 319 Å². The van der Waals surface area contributed by atoms with E-state index in [1.807, 2.05) is 0 Å². The second-order valence-corrected chi connectivity index (χ2v) is 17.8. The Kier molecular flexibility index (Phi) is 37.1. The molecule has 14 heteroatoms. The second-order valence-electron chi connectivity index (χ2n) is 13.5. The van der Waals surface area contributed by atoms with E-state index in [2.05, 4.69) is 48.0 Å². The molecular formula is C38H82N6O6P2. The quantitative estimate of drug-likeness (QED) is 0.0277. The Morgan fingerprint density at radius 1 is 0.423 bits per heavy atom. The number of unbranched alkanes of at least 4 members (excludes halogenated alkanes) is 7. The molecule has 8 N–H and O–H groups in total. The van der Waals surface area contributed by atoms with E-state index in [0.717, 1.165) is 129 Å². The summed E-state index contributed by atoms with van der Waals surface area (Å²) in [4.78, 5) is 4.53. The molecule has 0 aromatic rings. The van der Waals surface area contributed by atoms with Crippen molar-refractivity contribution in [1.82, 2.24) is 9.80 Å². The van der Waals surface area contributed by atoms with E-state index < -0.39 is 15.2 Å². The minimum absolute atomic E-state index is 0.364. The molecule has 2 unspecified atom stereocenters. The van der Waals surface area contributed by atoms with Crippen molar-refractivity contribution in [2.45, 2.75) is 117 Å². The number of nitrogens with zero attached hydrogens (tertiary/aromatic N) is 2. The Balaban J connectivity index is 4.78. The molecule has 0 heterocycles. The van der Waals surface area contributed by atoms with Crippen molar-refractivity contribution in [3.05, 3.63) is 24.3 Å². The van der Waals surface area contributed by atoms with Gasteiger partial charge in [0.1, 0.15) is 0 Å². The maximum absolute atomic E-state index is 13.7. The van der Waals surface area contributed by atoms with Crippen LogP contribution in [-0.2, 0) is 27.2 Å². The summed E-state index contributed by atoms with van der Waals surface area (Å²) in [6, 6.07) is 0. The van der Waals surface area contributed by atoms with Crippen LogP contribution in [0.5, 0.6) is 0 Å². The fourth-order valence-corrected chi connectivity index (χ4v) is 8.74. The highest BCUT2D eigenvalue weighted by molar-refractivity contribution is 7.54. The topological polar surface area (TPSA) is 182 Å². The molecule has 0 rings (SSSR count). The van der Waals surface area contributed by atoms with Crippen molar-refractivity contribution < 1.29 is 27.2 Å². The molecule has 0 amide bonds. The number of hydrogen-bond acceptors (Lipinski definition) is 12. The van der Waals surface area contributed by atoms with Crippen LogP contribution in [-0.4, -0.2) is 114 Å². The Morgan fingerprint density at radius 2 is 0.731 bits per heavy atom. The van der Waals surface area contributed by atoms with Gasteiger partial charge >= 0.3 is 15.2 Å². The Hall–Kier alpha value is -0.460. The van der Waals surface area contributed by atoms with Gasteiger partial charge in [-0.05, 0) is 117 Å². The number of nitrogens with two attached hydrogens (primary N) is 4. The van der Waals surface area contributed by atoms with Gasteiger partial charge in [0.15, 0.2) is 0 Å². The van der Waals surface area contributed by atoms with Crippen molar-refractivity contribution in [2.24, 2.45) is 22.9 Å². The van der Waals surface area contributed by atoms with Crippen LogP contribution in [0.4, 0.5) is 0 Å². The first-order valence-corrected chi connectivity index (χ1v) is 24.1. The molecule has 52 heavy (non-hydrogen) atoms. The zero-order chi connectivity index (χ0) is 38.4. The van der Waals surface area contributed by atoms with E-state index in [9.17, 15) is 9.13 Å². The molecule has 0 spiro atoms. The van der Waals surface area contributed by atoms with Crippen molar-refractivity contribution in [2.75, 3.05) is 104 Å². The zero-order valence-corrected chi connectivity index (χ0v) is 35.3. The van der Waals surface area contributed by atoms with Crippen LogP contribution in [0, 0.1) is 0 Å². The molecule has 2 atom stereocenters. The molecule has 0 saturated heterocycles. The fourth-order valence-electron chi connectivity index (χ4n) is 5.43. The average molecular weight is 781 g/mol. The van der Waals surface area contributed by atoms with Crippen molar-refractivity contribution in [3.8, 4) is 0 Å². The highest BCUT2D eigenvalue weighted by Crippen LogP contribution is 2.49. The summed E-state index contributed by atoms with van der Waals surface area (Å²) in [5, 5.41) is 0. The van der Waals surface area contributed by atoms with Crippen LogP contribution < -0.4 is 22.9 Å². The summed E-state index contributed by atoms with van der Waals surface area (Å²) in [6.45, 7) is 13.1. The summed E-state index contributed by atoms with van der Waals surface area (Å²) in [6.07, 6.45) is 24.2. The lowest BCUT2D eigenvalue weighted by atomic mass is 10.1. The molecule has 0 aliphatic heterocycles. The average Bonchev–Trinajstić information content (AvgIpc) is 3.14. The highest BCUT2D eigenvalue weighted by Gasteiger charge is 2.26. The maximum atomic E-state index is 13.7. The SMILES string of the molecule is CCC/C=C\CCOP(=O)(CCN(CCCN)CCCN)OCCCCCCCCOP(=O)(CCN(CCCN)CCCN)OCC/C=C\CCC. The van der Waals surface area contributed by atoms with Crippen LogP contribution in [0.15, 0.2) is 24.3 Å². The normalized spacial score (nSPS) is 14.7. The minimum atomic E-state index is -3.23. The van der Waals surface area contributed by atoms with E-state index in [4.69, 9.17) is 41.0 Å². The summed E-state index contributed by atoms with van der Waals surface area (Å²) >= 11 is 0. The zero-order valence-electron chi connectivity index (χ0n) is 33.5. The van der Waals surface area contributed by atoms with Gasteiger partial charge in [0.2, 0.25) is 0 Å². The number of allylic oxidation sites excluding steroid dienone is 2. The third-order valence-electron chi connectivity index (χ3n) is 8.60. The lowest BCUT2D eigenvalue weighted by Crippen LogP contribution is -2.31. The van der Waals surface area contributed by atoms with Gasteiger partial charge in [-0.1, -0.05) is 76.7 Å². The molecule has 0 aliphatic carbocycles. The summed E-state index contributed by atoms with van der Waals surface area (Å²) in [7, 11) is -6.46. The van der Waals surface area contributed by atoms with Crippen LogP contribution in [0.2, 0.25) is 0 Å². The summed E-state index contributed by atoms with van der Waals surface area (Å²) < 4.78 is 51.3. The molecule has 0 saturated carbocycles. The van der Waals surface area contributed by atoms with E-state index in [1.54, 1.807) is 0 Å². The standard InChI is InChI=1S/C38H82N6O6P2/c1-3-5-7-11-15-33-47-51(45,37-31-43(27-19-23-39)28-20-24-40)49-35-17-13-9-10-14-18-36-50-52(46,48-34-16-12-8-6-4-2)38-32-44(29-21-25-41)30-22-26-42/h7-8,11-12H,3-6,9-10,13-42H2,1-2H3/b11-7-,12-8-. The van der Waals surface area contributed by atoms with Gasteiger partial charge in [0.05, 0.1) is 38.8 Å². The van der Waals surface area contributed by atoms with Crippen molar-refractivity contribution in [3.63, 3.8) is 0 Å². The molecule has 0 aliphatic rings. The molecule has 12 nitrogen and oxygen atoms in total. The predicted octanol–water partition coefficient (Wildman–Crippen LogP) is 7.27. The third kappa shape index (κ3) is 31.8. The predicted molar refractivity (Wildman–Crippen MR) is 221 cm³/mol. The highest BCUT2D eigenvalue weighted by atomic mass is 31.2. The number of rotatable bonds is 41. The first kappa shape index (κ1) is 51.5. The van der Waals surface area contributed by atoms with Crippen LogP contribution in [0.25, 0.3) is 0 Å². The lowest BCUT2D eigenvalue weighted by molar-refractivity contribution is 0.194. The smallest absolute Gasteiger partial charge is 0.330 e. The van der Waals surface area contributed by atoms with E-state index in [1.165, 1.54) is 0 Å². The van der Waals surface area contributed by atoms with E-state index in [0.29, 0.717) is 78.0 Å². The molecule has 0 fully saturated rings. The molecule has 0 bridgehead atoms. The largest absolute Gasteiger partial charge is 0.331 e. The Bertz CT molecular complexity index is 844. The maximum Gasteiger partial charge on any atom is 0.331 e. The molecule has 0 aromatic carbocycles. The van der Waals surface area contributed by atoms with Gasteiger partial charge in [0, 0.05) is 13.1 Å². The van der Waals surface area contributed by atoms with Gasteiger partial charge in [-0.3, -0.25) is 9.13 Å². The monoisotopic (exact) mass is 781 g/mol. The van der Waals surface area contributed by atoms with Gasteiger partial charge < -0.3 is 50.8 Å². The molecule has 0 radical (unpaired) electrons. The summed E-state index contributed by atoms with van der Waals surface area (Å²) in [5.41, 5.74) is 23.0. The summed E-state index contributed by atoms with van der Waals surface area (Å²) in [5.74, 6) is 0.